The summed E-state index contributed by atoms with van der Waals surface area (Å²) in [4.78, 5) is 0. The molecule has 1 aliphatic rings. The van der Waals surface area contributed by atoms with Gasteiger partial charge in [-0.1, -0.05) is 18.7 Å². The first-order valence-electron chi connectivity index (χ1n) is 8.67. The van der Waals surface area contributed by atoms with E-state index in [1.54, 1.807) is 6.26 Å². The van der Waals surface area contributed by atoms with E-state index in [1.807, 2.05) is 6.92 Å². The number of anilines is 1. The lowest BCUT2D eigenvalue weighted by molar-refractivity contribution is -0.0630. The van der Waals surface area contributed by atoms with Crippen LogP contribution in [0.3, 0.4) is 0 Å². The highest BCUT2D eigenvalue weighted by atomic mass is 32.2. The maximum atomic E-state index is 13.8. The van der Waals surface area contributed by atoms with Crippen LogP contribution in [-0.4, -0.2) is 70.3 Å². The zero-order valence-corrected chi connectivity index (χ0v) is 17.4. The Bertz CT molecular complexity index is 1120. The predicted molar refractivity (Wildman–Crippen MR) is 105 cm³/mol. The van der Waals surface area contributed by atoms with Crippen molar-refractivity contribution in [2.75, 3.05) is 23.9 Å². The minimum atomic E-state index is -4.82. The van der Waals surface area contributed by atoms with Crippen molar-refractivity contribution >= 4 is 40.6 Å². The molecule has 16 heteroatoms. The SMILES string of the molecule is CCSc1[nH]n2c(CCO)nnc2c1NC1(N)C(C(F)(F)F)=Nn2c(SC)nnc21. The van der Waals surface area contributed by atoms with Crippen LogP contribution in [0.2, 0.25) is 0 Å². The Kier molecular flexibility index (Phi) is 5.19. The van der Waals surface area contributed by atoms with Gasteiger partial charge in [0.25, 0.3) is 0 Å². The molecule has 0 radical (unpaired) electrons. The van der Waals surface area contributed by atoms with Crippen molar-refractivity contribution in [2.24, 2.45) is 10.8 Å². The van der Waals surface area contributed by atoms with Crippen molar-refractivity contribution in [1.29, 1.82) is 0 Å². The Hall–Kier alpha value is -2.30. The van der Waals surface area contributed by atoms with Gasteiger partial charge in [-0.2, -0.15) is 22.9 Å². The number of aromatic nitrogens is 7. The number of nitrogens with zero attached hydrogens (tertiary/aromatic N) is 7. The number of hydrogen-bond acceptors (Lipinski definition) is 10. The molecule has 0 spiro atoms. The number of thioether (sulfide) groups is 2. The molecule has 4 heterocycles. The fraction of sp³-hybridized carbons (Fsp3) is 0.500. The zero-order chi connectivity index (χ0) is 21.7. The van der Waals surface area contributed by atoms with Gasteiger partial charge in [-0.15, -0.1) is 32.2 Å². The molecule has 0 aromatic carbocycles. The van der Waals surface area contributed by atoms with Gasteiger partial charge in [0.05, 0.1) is 6.61 Å². The van der Waals surface area contributed by atoms with Gasteiger partial charge in [-0.25, -0.2) is 4.52 Å². The van der Waals surface area contributed by atoms with E-state index in [-0.39, 0.29) is 35.3 Å². The first-order chi connectivity index (χ1) is 14.2. The van der Waals surface area contributed by atoms with Crippen LogP contribution < -0.4 is 11.1 Å². The summed E-state index contributed by atoms with van der Waals surface area (Å²) in [5, 5.41) is 35.1. The van der Waals surface area contributed by atoms with E-state index in [2.05, 4.69) is 35.9 Å². The van der Waals surface area contributed by atoms with E-state index < -0.39 is 17.6 Å². The standard InChI is InChI=1S/C14H17F3N10OS2/c1-3-30-9-7(8-21-20-6(4-5-28)26(8)24-9)19-13(18)10(14(15,16)17)25-27-11(13)22-23-12(27)29-2/h19,24,28H,3-5,18H2,1-2H3. The van der Waals surface area contributed by atoms with Crippen LogP contribution in [0.1, 0.15) is 18.6 Å². The third-order valence-corrected chi connectivity index (χ3v) is 5.82. The summed E-state index contributed by atoms with van der Waals surface area (Å²) in [6.07, 6.45) is -2.96. The fourth-order valence-corrected chi connectivity index (χ4v) is 4.24. The molecule has 162 valence electrons. The lowest BCUT2D eigenvalue weighted by Crippen LogP contribution is -2.55. The van der Waals surface area contributed by atoms with Gasteiger partial charge < -0.3 is 10.4 Å². The van der Waals surface area contributed by atoms with E-state index in [9.17, 15) is 18.3 Å². The number of nitrogens with one attached hydrogen (secondary N) is 2. The van der Waals surface area contributed by atoms with Crippen LogP contribution in [0.25, 0.3) is 5.65 Å². The van der Waals surface area contributed by atoms with Crippen LogP contribution in [0, 0.1) is 0 Å². The molecule has 0 saturated carbocycles. The minimum absolute atomic E-state index is 0.162. The first kappa shape index (κ1) is 21.0. The zero-order valence-electron chi connectivity index (χ0n) is 15.7. The lowest BCUT2D eigenvalue weighted by atomic mass is 10.0. The van der Waals surface area contributed by atoms with Gasteiger partial charge in [-0.05, 0) is 12.0 Å². The van der Waals surface area contributed by atoms with Crippen LogP contribution in [-0.2, 0) is 12.1 Å². The quantitative estimate of drug-likeness (QED) is 0.298. The van der Waals surface area contributed by atoms with Crippen LogP contribution >= 0.6 is 23.5 Å². The molecule has 4 rings (SSSR count). The van der Waals surface area contributed by atoms with Crippen LogP contribution in [0.15, 0.2) is 15.3 Å². The Morgan fingerprint density at radius 1 is 1.27 bits per heavy atom. The molecule has 3 aromatic rings. The number of fused-ring (bicyclic) bond motifs is 2. The molecule has 1 unspecified atom stereocenters. The average molecular weight is 462 g/mol. The van der Waals surface area contributed by atoms with Gasteiger partial charge in [0.15, 0.2) is 11.5 Å². The van der Waals surface area contributed by atoms with Crippen LogP contribution in [0.4, 0.5) is 18.9 Å². The summed E-state index contributed by atoms with van der Waals surface area (Å²) < 4.78 is 44.0. The predicted octanol–water partition coefficient (Wildman–Crippen LogP) is 1.02. The third kappa shape index (κ3) is 3.14. The van der Waals surface area contributed by atoms with Gasteiger partial charge in [0, 0.05) is 6.42 Å². The topological polar surface area (TPSA) is 147 Å². The number of rotatable bonds is 7. The highest BCUT2D eigenvalue weighted by Crippen LogP contribution is 2.40. The number of hydrogen-bond donors (Lipinski definition) is 4. The second-order valence-electron chi connectivity index (χ2n) is 6.20. The van der Waals surface area contributed by atoms with Crippen molar-refractivity contribution in [2.45, 2.75) is 35.4 Å². The van der Waals surface area contributed by atoms with E-state index in [1.165, 1.54) is 16.3 Å². The molecule has 3 aromatic heterocycles. The molecular weight excluding hydrogens is 445 g/mol. The Balaban J connectivity index is 1.86. The van der Waals surface area contributed by atoms with E-state index >= 15 is 0 Å². The molecule has 1 aliphatic heterocycles. The largest absolute Gasteiger partial charge is 0.435 e. The lowest BCUT2D eigenvalue weighted by Gasteiger charge is -2.27. The smallest absolute Gasteiger partial charge is 0.396 e. The molecule has 0 aliphatic carbocycles. The normalized spacial score (nSPS) is 18.8. The molecule has 30 heavy (non-hydrogen) atoms. The van der Waals surface area contributed by atoms with Crippen molar-refractivity contribution in [3.63, 3.8) is 0 Å². The maximum Gasteiger partial charge on any atom is 0.435 e. The maximum absolute atomic E-state index is 13.8. The number of halogens is 3. The summed E-state index contributed by atoms with van der Waals surface area (Å²) >= 11 is 2.44. The van der Waals surface area contributed by atoms with Crippen molar-refractivity contribution < 1.29 is 18.3 Å². The number of alkyl halides is 3. The Morgan fingerprint density at radius 3 is 2.67 bits per heavy atom. The summed E-state index contributed by atoms with van der Waals surface area (Å²) in [6, 6.07) is 0. The molecule has 0 saturated heterocycles. The van der Waals surface area contributed by atoms with Crippen molar-refractivity contribution in [1.82, 2.24) is 34.7 Å². The van der Waals surface area contributed by atoms with E-state index in [4.69, 9.17) is 5.73 Å². The first-order valence-corrected chi connectivity index (χ1v) is 10.9. The van der Waals surface area contributed by atoms with Gasteiger partial charge in [0.1, 0.15) is 10.7 Å². The highest BCUT2D eigenvalue weighted by molar-refractivity contribution is 7.99. The van der Waals surface area contributed by atoms with Crippen LogP contribution in [0.5, 0.6) is 0 Å². The summed E-state index contributed by atoms with van der Waals surface area (Å²) in [5.41, 5.74) is 3.18. The fourth-order valence-electron chi connectivity index (χ4n) is 3.08. The summed E-state index contributed by atoms with van der Waals surface area (Å²) in [5.74, 6) is 0.862. The third-order valence-electron chi connectivity index (χ3n) is 4.33. The highest BCUT2D eigenvalue weighted by Gasteiger charge is 2.57. The molecule has 0 bridgehead atoms. The Labute approximate surface area is 175 Å². The molecule has 1 atom stereocenters. The Morgan fingerprint density at radius 2 is 2.03 bits per heavy atom. The number of aromatic amines is 1. The number of H-pyrrole nitrogens is 1. The molecule has 5 N–H and O–H groups in total. The van der Waals surface area contributed by atoms with Crippen molar-refractivity contribution in [3.8, 4) is 0 Å². The number of nitrogens with two attached hydrogens (primary N) is 1. The number of aliphatic hydroxyl groups is 1. The van der Waals surface area contributed by atoms with Gasteiger partial charge >= 0.3 is 6.18 Å². The van der Waals surface area contributed by atoms with E-state index in [0.29, 0.717) is 16.6 Å². The second-order valence-corrected chi connectivity index (χ2v) is 8.25. The second kappa shape index (κ2) is 7.44. The average Bonchev–Trinajstić information content (AvgIpc) is 3.40. The molecule has 0 amide bonds. The molecule has 11 nitrogen and oxygen atoms in total. The number of aliphatic hydroxyl groups excluding tert-OH is 1. The minimum Gasteiger partial charge on any atom is -0.396 e. The van der Waals surface area contributed by atoms with E-state index in [0.717, 1.165) is 16.4 Å². The van der Waals surface area contributed by atoms with Crippen molar-refractivity contribution in [3.05, 3.63) is 11.6 Å². The molecular formula is C14H17F3N10OS2. The van der Waals surface area contributed by atoms with Gasteiger partial charge in [0.2, 0.25) is 22.3 Å². The monoisotopic (exact) mass is 462 g/mol. The summed E-state index contributed by atoms with van der Waals surface area (Å²) in [6.45, 7) is 1.73. The van der Waals surface area contributed by atoms with Gasteiger partial charge in [-0.3, -0.25) is 10.8 Å². The molecule has 0 fully saturated rings. The summed E-state index contributed by atoms with van der Waals surface area (Å²) in [7, 11) is 0.